The predicted octanol–water partition coefficient (Wildman–Crippen LogP) is 4.07. The monoisotopic (exact) mass is 284 g/mol. The van der Waals surface area contributed by atoms with Crippen molar-refractivity contribution in [2.24, 2.45) is 4.99 Å². The summed E-state index contributed by atoms with van der Waals surface area (Å²) >= 11 is 1.67. The van der Waals surface area contributed by atoms with Gasteiger partial charge in [0.05, 0.1) is 12.8 Å². The molecule has 0 aliphatic carbocycles. The Balaban J connectivity index is 2.01. The van der Waals surface area contributed by atoms with Crippen LogP contribution < -0.4 is 0 Å². The maximum Gasteiger partial charge on any atom is 0.146 e. The highest BCUT2D eigenvalue weighted by atomic mass is 32.1. The van der Waals surface area contributed by atoms with Gasteiger partial charge in [-0.3, -0.25) is 0 Å². The van der Waals surface area contributed by atoms with Crippen molar-refractivity contribution in [3.05, 3.63) is 62.9 Å². The van der Waals surface area contributed by atoms with Crippen LogP contribution in [0.3, 0.4) is 0 Å². The van der Waals surface area contributed by atoms with Crippen LogP contribution in [0.25, 0.3) is 6.08 Å². The van der Waals surface area contributed by atoms with Crippen molar-refractivity contribution in [3.63, 3.8) is 0 Å². The minimum Gasteiger partial charge on any atom is -0.494 e. The minimum absolute atomic E-state index is 0.804. The molecule has 0 saturated heterocycles. The lowest BCUT2D eigenvalue weighted by Crippen LogP contribution is -1.89. The van der Waals surface area contributed by atoms with Gasteiger partial charge in [0.15, 0.2) is 0 Å². The average Bonchev–Trinajstić information content (AvgIpc) is 3.11. The molecule has 1 N–H and O–H groups in total. The van der Waals surface area contributed by atoms with E-state index < -0.39 is 0 Å². The molecule has 0 aromatic carbocycles. The summed E-state index contributed by atoms with van der Waals surface area (Å²) in [5, 5.41) is 4.15. The Morgan fingerprint density at radius 2 is 2.20 bits per heavy atom. The van der Waals surface area contributed by atoms with E-state index >= 15 is 0 Å². The summed E-state index contributed by atoms with van der Waals surface area (Å²) in [4.78, 5) is 8.01. The lowest BCUT2D eigenvalue weighted by molar-refractivity contribution is 0.303. The normalized spacial score (nSPS) is 16.4. The van der Waals surface area contributed by atoms with E-state index in [1.807, 2.05) is 12.2 Å². The first-order chi connectivity index (χ1) is 9.67. The largest absolute Gasteiger partial charge is 0.494 e. The van der Waals surface area contributed by atoms with Crippen LogP contribution >= 0.6 is 11.3 Å². The lowest BCUT2D eigenvalue weighted by atomic mass is 10.2. The number of hydrogen-bond acceptors (Lipinski definition) is 3. The second kappa shape index (κ2) is 5.13. The second-order valence-corrected chi connectivity index (χ2v) is 5.58. The molecule has 4 heteroatoms. The number of methoxy groups -OCH3 is 1. The molecule has 0 saturated carbocycles. The van der Waals surface area contributed by atoms with Gasteiger partial charge in [0.2, 0.25) is 0 Å². The molecular formula is C16H16N2OS. The summed E-state index contributed by atoms with van der Waals surface area (Å²) < 4.78 is 5.44. The molecule has 1 aliphatic rings. The molecule has 1 aliphatic heterocycles. The van der Waals surface area contributed by atoms with Gasteiger partial charge in [-0.25, -0.2) is 4.99 Å². The standard InChI is InChI=1S/C16H16N2OS/c1-10-6-11(2)17-13(10)7-15-16(19-3)8-14(18-15)12-4-5-20-9-12/h4-9,17H,1-3H3. The summed E-state index contributed by atoms with van der Waals surface area (Å²) in [5.41, 5.74) is 6.39. The zero-order valence-electron chi connectivity index (χ0n) is 11.7. The predicted molar refractivity (Wildman–Crippen MR) is 84.2 cm³/mol. The summed E-state index contributed by atoms with van der Waals surface area (Å²) in [5.74, 6) is 0.804. The van der Waals surface area contributed by atoms with Crippen molar-refractivity contribution in [2.75, 3.05) is 7.11 Å². The third-order valence-electron chi connectivity index (χ3n) is 3.27. The number of hydrogen-bond donors (Lipinski definition) is 1. The van der Waals surface area contributed by atoms with Crippen molar-refractivity contribution in [3.8, 4) is 0 Å². The third-order valence-corrected chi connectivity index (χ3v) is 3.95. The number of ether oxygens (including phenoxy) is 1. The molecule has 3 nitrogen and oxygen atoms in total. The Morgan fingerprint density at radius 1 is 1.35 bits per heavy atom. The molecule has 0 atom stereocenters. The molecule has 2 aromatic rings. The van der Waals surface area contributed by atoms with Crippen LogP contribution in [-0.4, -0.2) is 17.8 Å². The zero-order valence-corrected chi connectivity index (χ0v) is 12.5. The summed E-state index contributed by atoms with van der Waals surface area (Å²) in [7, 11) is 1.68. The maximum absolute atomic E-state index is 5.44. The van der Waals surface area contributed by atoms with E-state index in [2.05, 4.69) is 46.7 Å². The van der Waals surface area contributed by atoms with Gasteiger partial charge in [-0.15, -0.1) is 0 Å². The number of H-pyrrole nitrogens is 1. The van der Waals surface area contributed by atoms with E-state index in [-0.39, 0.29) is 0 Å². The summed E-state index contributed by atoms with van der Waals surface area (Å²) in [6.07, 6.45) is 4.02. The fourth-order valence-corrected chi connectivity index (χ4v) is 2.93. The number of rotatable bonds is 3. The van der Waals surface area contributed by atoms with Crippen molar-refractivity contribution in [1.29, 1.82) is 0 Å². The molecule has 2 aromatic heterocycles. The van der Waals surface area contributed by atoms with E-state index in [9.17, 15) is 0 Å². The molecular weight excluding hydrogens is 268 g/mol. The average molecular weight is 284 g/mol. The molecule has 102 valence electrons. The van der Waals surface area contributed by atoms with Crippen LogP contribution in [0.1, 0.15) is 22.5 Å². The Hall–Kier alpha value is -2.07. The van der Waals surface area contributed by atoms with Gasteiger partial charge in [0, 0.05) is 28.4 Å². The van der Waals surface area contributed by atoms with Gasteiger partial charge in [-0.2, -0.15) is 11.3 Å². The fraction of sp³-hybridized carbons (Fsp3) is 0.188. The molecule has 0 radical (unpaired) electrons. The van der Waals surface area contributed by atoms with Crippen LogP contribution in [0.5, 0.6) is 0 Å². The Bertz CT molecular complexity index is 718. The molecule has 20 heavy (non-hydrogen) atoms. The van der Waals surface area contributed by atoms with Gasteiger partial charge < -0.3 is 9.72 Å². The summed E-state index contributed by atoms with van der Waals surface area (Å²) in [6.45, 7) is 4.14. The highest BCUT2D eigenvalue weighted by molar-refractivity contribution is 7.08. The minimum atomic E-state index is 0.804. The van der Waals surface area contributed by atoms with Crippen molar-refractivity contribution in [2.45, 2.75) is 13.8 Å². The first kappa shape index (κ1) is 12.9. The van der Waals surface area contributed by atoms with Crippen LogP contribution in [-0.2, 0) is 4.74 Å². The zero-order chi connectivity index (χ0) is 14.1. The Morgan fingerprint density at radius 3 is 2.80 bits per heavy atom. The topological polar surface area (TPSA) is 37.4 Å². The van der Waals surface area contributed by atoms with Crippen LogP contribution in [0.2, 0.25) is 0 Å². The molecule has 0 fully saturated rings. The number of thiophene rings is 1. The first-order valence-electron chi connectivity index (χ1n) is 6.42. The fourth-order valence-electron chi connectivity index (χ4n) is 2.28. The smallest absolute Gasteiger partial charge is 0.146 e. The Labute approximate surface area is 122 Å². The number of aliphatic imine (C=N–C) groups is 1. The number of nitrogens with one attached hydrogen (secondary N) is 1. The van der Waals surface area contributed by atoms with E-state index in [0.717, 1.165) is 34.1 Å². The highest BCUT2D eigenvalue weighted by Gasteiger charge is 2.17. The number of aryl methyl sites for hydroxylation is 2. The van der Waals surface area contributed by atoms with Crippen molar-refractivity contribution in [1.82, 2.24) is 4.98 Å². The first-order valence-corrected chi connectivity index (χ1v) is 7.37. The molecule has 0 bridgehead atoms. The van der Waals surface area contributed by atoms with Gasteiger partial charge in [0.1, 0.15) is 11.5 Å². The third kappa shape index (κ3) is 2.34. The van der Waals surface area contributed by atoms with Gasteiger partial charge in [-0.1, -0.05) is 0 Å². The van der Waals surface area contributed by atoms with Crippen molar-refractivity contribution < 1.29 is 4.74 Å². The van der Waals surface area contributed by atoms with Gasteiger partial charge in [0.25, 0.3) is 0 Å². The van der Waals surface area contributed by atoms with E-state index in [1.54, 1.807) is 18.4 Å². The number of nitrogens with zero attached hydrogens (tertiary/aromatic N) is 1. The van der Waals surface area contributed by atoms with Crippen LogP contribution in [0, 0.1) is 13.8 Å². The molecule has 0 unspecified atom stereocenters. The van der Waals surface area contributed by atoms with Crippen molar-refractivity contribution >= 4 is 23.1 Å². The number of allylic oxidation sites excluding steroid dienone is 1. The van der Waals surface area contributed by atoms with Crippen LogP contribution in [0.4, 0.5) is 0 Å². The lowest BCUT2D eigenvalue weighted by Gasteiger charge is -2.01. The van der Waals surface area contributed by atoms with Gasteiger partial charge in [-0.05, 0) is 43.0 Å². The molecule has 3 heterocycles. The Kier molecular flexibility index (Phi) is 3.32. The van der Waals surface area contributed by atoms with Gasteiger partial charge >= 0.3 is 0 Å². The molecule has 0 spiro atoms. The number of aromatic nitrogens is 1. The van der Waals surface area contributed by atoms with Crippen LogP contribution in [0.15, 0.2) is 45.4 Å². The van der Waals surface area contributed by atoms with E-state index in [1.165, 1.54) is 5.56 Å². The second-order valence-electron chi connectivity index (χ2n) is 4.80. The van der Waals surface area contributed by atoms with E-state index in [4.69, 9.17) is 4.74 Å². The molecule has 3 rings (SSSR count). The quantitative estimate of drug-likeness (QED) is 0.906. The van der Waals surface area contributed by atoms with E-state index in [0.29, 0.717) is 0 Å². The molecule has 0 amide bonds. The SMILES string of the molecule is COC1=CC(c2ccsc2)=NC1=Cc1[nH]c(C)cc1C. The number of aromatic amines is 1. The highest BCUT2D eigenvalue weighted by Crippen LogP contribution is 2.26. The maximum atomic E-state index is 5.44. The summed E-state index contributed by atoms with van der Waals surface area (Å²) in [6, 6.07) is 4.20.